The summed E-state index contributed by atoms with van der Waals surface area (Å²) < 4.78 is 4.77. The molecule has 2 fully saturated rings. The van der Waals surface area contributed by atoms with Gasteiger partial charge in [-0.3, -0.25) is 4.90 Å². The van der Waals surface area contributed by atoms with Gasteiger partial charge in [-0.1, -0.05) is 0 Å². The molecule has 0 bridgehead atoms. The fraction of sp³-hybridized carbons (Fsp3) is 0.737. The SMILES string of the molecule is Cc1nnc(CN2CCC[C@H]2c2nc3c(n2C)CCCC3)n1C1CC1. The van der Waals surface area contributed by atoms with Crippen LogP contribution in [0.5, 0.6) is 0 Å². The maximum absolute atomic E-state index is 5.08. The zero-order valence-electron chi connectivity index (χ0n) is 15.4. The van der Waals surface area contributed by atoms with Gasteiger partial charge in [0.05, 0.1) is 18.3 Å². The molecule has 3 heterocycles. The minimum Gasteiger partial charge on any atom is -0.334 e. The van der Waals surface area contributed by atoms with Crippen LogP contribution in [0.3, 0.4) is 0 Å². The Labute approximate surface area is 149 Å². The van der Waals surface area contributed by atoms with Gasteiger partial charge in [0.15, 0.2) is 0 Å². The van der Waals surface area contributed by atoms with E-state index in [1.165, 1.54) is 62.2 Å². The third kappa shape index (κ3) is 2.62. The van der Waals surface area contributed by atoms with E-state index in [4.69, 9.17) is 4.98 Å². The molecular formula is C19H28N6. The molecule has 0 spiro atoms. The van der Waals surface area contributed by atoms with Crippen LogP contribution in [0.1, 0.15) is 79.5 Å². The van der Waals surface area contributed by atoms with Gasteiger partial charge < -0.3 is 9.13 Å². The van der Waals surface area contributed by atoms with Crippen LogP contribution in [0.2, 0.25) is 0 Å². The fourth-order valence-corrected chi connectivity index (χ4v) is 4.82. The molecule has 0 radical (unpaired) electrons. The zero-order valence-corrected chi connectivity index (χ0v) is 15.4. The van der Waals surface area contributed by atoms with Crippen LogP contribution in [-0.2, 0) is 26.4 Å². The van der Waals surface area contributed by atoms with E-state index in [2.05, 4.69) is 38.2 Å². The van der Waals surface area contributed by atoms with Gasteiger partial charge in [-0.2, -0.15) is 0 Å². The van der Waals surface area contributed by atoms with E-state index in [0.29, 0.717) is 12.1 Å². The summed E-state index contributed by atoms with van der Waals surface area (Å²) in [6.07, 6.45) is 9.97. The molecule has 1 saturated heterocycles. The largest absolute Gasteiger partial charge is 0.334 e. The van der Waals surface area contributed by atoms with E-state index < -0.39 is 0 Å². The minimum absolute atomic E-state index is 0.431. The Bertz CT molecular complexity index is 784. The molecule has 0 amide bonds. The number of nitrogens with zero attached hydrogens (tertiary/aromatic N) is 6. The van der Waals surface area contributed by atoms with Gasteiger partial charge >= 0.3 is 0 Å². The normalized spacial score (nSPS) is 24.0. The van der Waals surface area contributed by atoms with E-state index >= 15 is 0 Å². The average molecular weight is 340 g/mol. The second kappa shape index (κ2) is 5.94. The molecule has 2 aromatic rings. The number of likely N-dealkylation sites (tertiary alicyclic amines) is 1. The number of fused-ring (bicyclic) bond motifs is 1. The smallest absolute Gasteiger partial charge is 0.147 e. The van der Waals surface area contributed by atoms with Crippen molar-refractivity contribution in [1.29, 1.82) is 0 Å². The summed E-state index contributed by atoms with van der Waals surface area (Å²) in [6, 6.07) is 1.08. The maximum Gasteiger partial charge on any atom is 0.147 e. The number of aryl methyl sites for hydroxylation is 2. The van der Waals surface area contributed by atoms with Gasteiger partial charge in [0.2, 0.25) is 0 Å². The van der Waals surface area contributed by atoms with Crippen molar-refractivity contribution in [2.75, 3.05) is 6.54 Å². The Morgan fingerprint density at radius 3 is 2.68 bits per heavy atom. The Kier molecular flexibility index (Phi) is 3.69. The summed E-state index contributed by atoms with van der Waals surface area (Å²) in [6.45, 7) is 4.13. The van der Waals surface area contributed by atoms with Gasteiger partial charge in [-0.25, -0.2) is 4.98 Å². The second-order valence-electron chi connectivity index (χ2n) is 8.02. The lowest BCUT2D eigenvalue weighted by molar-refractivity contribution is 0.227. The lowest BCUT2D eigenvalue weighted by Gasteiger charge is -2.24. The van der Waals surface area contributed by atoms with Crippen LogP contribution in [0, 0.1) is 6.92 Å². The van der Waals surface area contributed by atoms with E-state index in [1.54, 1.807) is 0 Å². The van der Waals surface area contributed by atoms with Crippen molar-refractivity contribution in [3.05, 3.63) is 28.9 Å². The number of hydrogen-bond donors (Lipinski definition) is 0. The highest BCUT2D eigenvalue weighted by Gasteiger charge is 2.34. The number of rotatable bonds is 4. The third-order valence-electron chi connectivity index (χ3n) is 6.26. The van der Waals surface area contributed by atoms with Crippen LogP contribution >= 0.6 is 0 Å². The van der Waals surface area contributed by atoms with Crippen LogP contribution < -0.4 is 0 Å². The average Bonchev–Trinajstić information content (AvgIpc) is 3.09. The maximum atomic E-state index is 5.08. The molecule has 3 aliphatic rings. The summed E-state index contributed by atoms with van der Waals surface area (Å²) in [5.74, 6) is 3.49. The molecule has 2 aliphatic carbocycles. The Balaban J connectivity index is 1.42. The van der Waals surface area contributed by atoms with Crippen molar-refractivity contribution in [3.63, 3.8) is 0 Å². The first-order valence-corrected chi connectivity index (χ1v) is 9.91. The van der Waals surface area contributed by atoms with E-state index in [0.717, 1.165) is 31.2 Å². The van der Waals surface area contributed by atoms with Crippen molar-refractivity contribution >= 4 is 0 Å². The highest BCUT2D eigenvalue weighted by molar-refractivity contribution is 5.22. The van der Waals surface area contributed by atoms with E-state index in [1.807, 2.05) is 0 Å². The van der Waals surface area contributed by atoms with Gasteiger partial charge in [-0.15, -0.1) is 10.2 Å². The molecule has 134 valence electrons. The molecule has 6 nitrogen and oxygen atoms in total. The lowest BCUT2D eigenvalue weighted by Crippen LogP contribution is -2.26. The summed E-state index contributed by atoms with van der Waals surface area (Å²) in [5.41, 5.74) is 2.83. The molecule has 2 aromatic heterocycles. The quantitative estimate of drug-likeness (QED) is 0.859. The Hall–Kier alpha value is -1.69. The molecule has 1 saturated carbocycles. The lowest BCUT2D eigenvalue weighted by atomic mass is 10.0. The van der Waals surface area contributed by atoms with Crippen molar-refractivity contribution in [2.45, 2.75) is 76.9 Å². The molecule has 0 aromatic carbocycles. The van der Waals surface area contributed by atoms with Crippen LogP contribution in [-0.4, -0.2) is 35.8 Å². The van der Waals surface area contributed by atoms with E-state index in [9.17, 15) is 0 Å². The Morgan fingerprint density at radius 2 is 1.88 bits per heavy atom. The molecule has 0 N–H and O–H groups in total. The predicted octanol–water partition coefficient (Wildman–Crippen LogP) is 2.87. The fourth-order valence-electron chi connectivity index (χ4n) is 4.82. The second-order valence-corrected chi connectivity index (χ2v) is 8.02. The summed E-state index contributed by atoms with van der Waals surface area (Å²) >= 11 is 0. The first-order valence-electron chi connectivity index (χ1n) is 9.91. The number of imidazole rings is 1. The van der Waals surface area contributed by atoms with Crippen molar-refractivity contribution in [1.82, 2.24) is 29.2 Å². The van der Waals surface area contributed by atoms with Gasteiger partial charge in [-0.05, 0) is 64.8 Å². The molecule has 25 heavy (non-hydrogen) atoms. The van der Waals surface area contributed by atoms with Crippen LogP contribution in [0.4, 0.5) is 0 Å². The van der Waals surface area contributed by atoms with Crippen molar-refractivity contribution in [3.8, 4) is 0 Å². The molecule has 1 atom stereocenters. The van der Waals surface area contributed by atoms with Crippen molar-refractivity contribution in [2.24, 2.45) is 7.05 Å². The van der Waals surface area contributed by atoms with E-state index in [-0.39, 0.29) is 0 Å². The van der Waals surface area contributed by atoms with Gasteiger partial charge in [0, 0.05) is 18.8 Å². The van der Waals surface area contributed by atoms with Crippen LogP contribution in [0.15, 0.2) is 0 Å². The monoisotopic (exact) mass is 340 g/mol. The minimum atomic E-state index is 0.431. The first-order chi connectivity index (χ1) is 12.2. The van der Waals surface area contributed by atoms with Gasteiger partial charge in [0.1, 0.15) is 17.5 Å². The standard InChI is InChI=1S/C19H28N6/c1-13-21-22-18(25(13)14-9-10-14)12-24-11-5-8-17(24)19-20-15-6-3-4-7-16(15)23(19)2/h14,17H,3-12H2,1-2H3/t17-/m0/s1. The Morgan fingerprint density at radius 1 is 1.04 bits per heavy atom. The summed E-state index contributed by atoms with van der Waals surface area (Å²) in [7, 11) is 2.22. The molecule has 0 unspecified atom stereocenters. The van der Waals surface area contributed by atoms with Crippen LogP contribution in [0.25, 0.3) is 0 Å². The zero-order chi connectivity index (χ0) is 17.0. The number of hydrogen-bond acceptors (Lipinski definition) is 4. The molecule has 5 rings (SSSR count). The number of aromatic nitrogens is 5. The van der Waals surface area contributed by atoms with Crippen molar-refractivity contribution < 1.29 is 0 Å². The van der Waals surface area contributed by atoms with Gasteiger partial charge in [0.25, 0.3) is 0 Å². The summed E-state index contributed by atoms with van der Waals surface area (Å²) in [5, 5.41) is 8.85. The molecule has 1 aliphatic heterocycles. The predicted molar refractivity (Wildman–Crippen MR) is 95.3 cm³/mol. The molecular weight excluding hydrogens is 312 g/mol. The first kappa shape index (κ1) is 15.6. The summed E-state index contributed by atoms with van der Waals surface area (Å²) in [4.78, 5) is 7.66. The molecule has 6 heteroatoms. The topological polar surface area (TPSA) is 51.8 Å². The highest BCUT2D eigenvalue weighted by Crippen LogP contribution is 2.38. The third-order valence-corrected chi connectivity index (χ3v) is 6.26. The highest BCUT2D eigenvalue weighted by atomic mass is 15.3.